The van der Waals surface area contributed by atoms with E-state index in [2.05, 4.69) is 9.44 Å². The molecular formula is C12H16N2O4S. The van der Waals surface area contributed by atoms with Gasteiger partial charge in [-0.2, -0.15) is 17.9 Å². The molecule has 1 aliphatic rings. The lowest BCUT2D eigenvalue weighted by molar-refractivity contribution is -0.137. The topological polar surface area (TPSA) is 95.5 Å². The van der Waals surface area contributed by atoms with Crippen LogP contribution in [0.3, 0.4) is 0 Å². The molecule has 104 valence electrons. The molecule has 0 saturated heterocycles. The maximum absolute atomic E-state index is 11.8. The van der Waals surface area contributed by atoms with Crippen molar-refractivity contribution in [2.45, 2.75) is 31.3 Å². The van der Waals surface area contributed by atoms with Gasteiger partial charge in [-0.3, -0.25) is 4.79 Å². The third-order valence-electron chi connectivity index (χ3n) is 2.78. The Morgan fingerprint density at radius 2 is 1.95 bits per heavy atom. The molecule has 1 atom stereocenters. The van der Waals surface area contributed by atoms with Crippen molar-refractivity contribution in [3.63, 3.8) is 0 Å². The van der Waals surface area contributed by atoms with Crippen LogP contribution in [0.15, 0.2) is 30.3 Å². The lowest BCUT2D eigenvalue weighted by Crippen LogP contribution is -2.40. The van der Waals surface area contributed by atoms with Gasteiger partial charge < -0.3 is 5.11 Å². The van der Waals surface area contributed by atoms with Gasteiger partial charge in [-0.1, -0.05) is 30.3 Å². The van der Waals surface area contributed by atoms with Gasteiger partial charge in [-0.05, 0) is 18.4 Å². The van der Waals surface area contributed by atoms with Crippen molar-refractivity contribution in [1.82, 2.24) is 9.44 Å². The summed E-state index contributed by atoms with van der Waals surface area (Å²) < 4.78 is 28.5. The van der Waals surface area contributed by atoms with Crippen LogP contribution in [0.4, 0.5) is 0 Å². The summed E-state index contributed by atoms with van der Waals surface area (Å²) in [6.45, 7) is 0. The summed E-state index contributed by atoms with van der Waals surface area (Å²) in [5.74, 6) is -1.05. The van der Waals surface area contributed by atoms with Crippen LogP contribution in [-0.4, -0.2) is 25.5 Å². The Kier molecular flexibility index (Phi) is 4.18. The first-order valence-corrected chi connectivity index (χ1v) is 7.51. The van der Waals surface area contributed by atoms with Gasteiger partial charge in [0.1, 0.15) is 0 Å². The van der Waals surface area contributed by atoms with Crippen molar-refractivity contribution >= 4 is 16.2 Å². The number of rotatable bonds is 7. The van der Waals surface area contributed by atoms with Crippen LogP contribution in [0.25, 0.3) is 0 Å². The van der Waals surface area contributed by atoms with Gasteiger partial charge in [-0.25, -0.2) is 0 Å². The molecule has 1 fully saturated rings. The average Bonchev–Trinajstić information content (AvgIpc) is 3.11. The molecule has 1 saturated carbocycles. The number of aliphatic carboxylic acids is 1. The summed E-state index contributed by atoms with van der Waals surface area (Å²) in [6, 6.07) is 7.90. The summed E-state index contributed by atoms with van der Waals surface area (Å²) in [4.78, 5) is 10.8. The molecule has 1 aliphatic carbocycles. The highest BCUT2D eigenvalue weighted by Crippen LogP contribution is 2.21. The van der Waals surface area contributed by atoms with E-state index < -0.39 is 22.2 Å². The van der Waals surface area contributed by atoms with Crippen molar-refractivity contribution in [3.05, 3.63) is 35.9 Å². The molecule has 0 radical (unpaired) electrons. The van der Waals surface area contributed by atoms with Gasteiger partial charge in [0, 0.05) is 6.04 Å². The highest BCUT2D eigenvalue weighted by molar-refractivity contribution is 7.87. The standard InChI is InChI=1S/C12H16N2O4S/c15-12(16)8-11(9-4-2-1-3-5-9)14-19(17,18)13-10-6-7-10/h1-5,10-11,13-14H,6-8H2,(H,15,16). The largest absolute Gasteiger partial charge is 0.481 e. The Hall–Kier alpha value is -1.44. The molecule has 6 nitrogen and oxygen atoms in total. The van der Waals surface area contributed by atoms with Crippen LogP contribution in [-0.2, 0) is 15.0 Å². The van der Waals surface area contributed by atoms with Crippen molar-refractivity contribution in [2.75, 3.05) is 0 Å². The van der Waals surface area contributed by atoms with Gasteiger partial charge in [0.2, 0.25) is 0 Å². The van der Waals surface area contributed by atoms with Crippen LogP contribution in [0.5, 0.6) is 0 Å². The fourth-order valence-electron chi connectivity index (χ4n) is 1.73. The molecule has 19 heavy (non-hydrogen) atoms. The Balaban J connectivity index is 2.11. The van der Waals surface area contributed by atoms with Crippen molar-refractivity contribution in [2.24, 2.45) is 0 Å². The zero-order chi connectivity index (χ0) is 13.9. The number of hydrogen-bond donors (Lipinski definition) is 3. The maximum atomic E-state index is 11.8. The molecule has 0 heterocycles. The van der Waals surface area contributed by atoms with E-state index >= 15 is 0 Å². The monoisotopic (exact) mass is 284 g/mol. The fourth-order valence-corrected chi connectivity index (χ4v) is 3.07. The highest BCUT2D eigenvalue weighted by atomic mass is 32.2. The van der Waals surface area contributed by atoms with Crippen LogP contribution >= 0.6 is 0 Å². The van der Waals surface area contributed by atoms with Crippen LogP contribution in [0, 0.1) is 0 Å². The minimum absolute atomic E-state index is 0.0150. The fraction of sp³-hybridized carbons (Fsp3) is 0.417. The lowest BCUT2D eigenvalue weighted by atomic mass is 10.1. The summed E-state index contributed by atoms with van der Waals surface area (Å²) in [7, 11) is -3.67. The average molecular weight is 284 g/mol. The van der Waals surface area contributed by atoms with Crippen LogP contribution in [0.2, 0.25) is 0 Å². The minimum atomic E-state index is -3.67. The van der Waals surface area contributed by atoms with E-state index in [9.17, 15) is 13.2 Å². The smallest absolute Gasteiger partial charge is 0.305 e. The normalized spacial score (nSPS) is 17.1. The first kappa shape index (κ1) is 14.0. The second-order valence-corrected chi connectivity index (χ2v) is 6.05. The molecular weight excluding hydrogens is 268 g/mol. The third-order valence-corrected chi connectivity index (χ3v) is 4.02. The molecule has 1 aromatic carbocycles. The van der Waals surface area contributed by atoms with Crippen LogP contribution in [0.1, 0.15) is 30.9 Å². The molecule has 0 aliphatic heterocycles. The molecule has 0 amide bonds. The second kappa shape index (κ2) is 5.68. The predicted molar refractivity (Wildman–Crippen MR) is 69.6 cm³/mol. The molecule has 1 aromatic rings. The quantitative estimate of drug-likeness (QED) is 0.689. The first-order valence-electron chi connectivity index (χ1n) is 6.02. The zero-order valence-corrected chi connectivity index (χ0v) is 11.1. The molecule has 1 unspecified atom stereocenters. The number of carbonyl (C=O) groups is 1. The van der Waals surface area contributed by atoms with Crippen molar-refractivity contribution < 1.29 is 18.3 Å². The van der Waals surface area contributed by atoms with Crippen molar-refractivity contribution in [1.29, 1.82) is 0 Å². The third kappa shape index (κ3) is 4.62. The van der Waals surface area contributed by atoms with Gasteiger partial charge >= 0.3 is 5.97 Å². The molecule has 2 rings (SSSR count). The Morgan fingerprint density at radius 1 is 1.32 bits per heavy atom. The molecule has 0 spiro atoms. The number of carboxylic acid groups (broad SMARTS) is 1. The Morgan fingerprint density at radius 3 is 2.47 bits per heavy atom. The molecule has 7 heteroatoms. The summed E-state index contributed by atoms with van der Waals surface area (Å²) in [6.07, 6.45) is 1.36. The minimum Gasteiger partial charge on any atom is -0.481 e. The lowest BCUT2D eigenvalue weighted by Gasteiger charge is -2.17. The summed E-state index contributed by atoms with van der Waals surface area (Å²) >= 11 is 0. The maximum Gasteiger partial charge on any atom is 0.305 e. The second-order valence-electron chi connectivity index (χ2n) is 4.57. The Labute approximate surface area is 112 Å². The summed E-state index contributed by atoms with van der Waals surface area (Å²) in [5.41, 5.74) is 0.631. The van der Waals surface area contributed by atoms with E-state index in [1.165, 1.54) is 0 Å². The molecule has 0 bridgehead atoms. The first-order chi connectivity index (χ1) is 8.96. The van der Waals surface area contributed by atoms with Gasteiger partial charge in [0.05, 0.1) is 12.5 Å². The van der Waals surface area contributed by atoms with E-state index in [1.54, 1.807) is 30.3 Å². The molecule has 3 N–H and O–H groups in total. The van der Waals surface area contributed by atoms with E-state index in [4.69, 9.17) is 5.11 Å². The number of carboxylic acids is 1. The van der Waals surface area contributed by atoms with E-state index in [-0.39, 0.29) is 12.5 Å². The van der Waals surface area contributed by atoms with Gasteiger partial charge in [0.15, 0.2) is 0 Å². The molecule has 0 aromatic heterocycles. The highest BCUT2D eigenvalue weighted by Gasteiger charge is 2.29. The van der Waals surface area contributed by atoms with Gasteiger partial charge in [-0.15, -0.1) is 0 Å². The number of benzene rings is 1. The predicted octanol–water partition coefficient (Wildman–Crippen LogP) is 0.789. The van der Waals surface area contributed by atoms with E-state index in [0.29, 0.717) is 5.56 Å². The SMILES string of the molecule is O=C(O)CC(NS(=O)(=O)NC1CC1)c1ccccc1. The van der Waals surface area contributed by atoms with Crippen LogP contribution < -0.4 is 9.44 Å². The number of nitrogens with one attached hydrogen (secondary N) is 2. The van der Waals surface area contributed by atoms with E-state index in [1.807, 2.05) is 0 Å². The van der Waals surface area contributed by atoms with Crippen molar-refractivity contribution in [3.8, 4) is 0 Å². The Bertz CT molecular complexity index is 540. The zero-order valence-electron chi connectivity index (χ0n) is 10.2. The van der Waals surface area contributed by atoms with Gasteiger partial charge in [0.25, 0.3) is 10.2 Å². The summed E-state index contributed by atoms with van der Waals surface area (Å²) in [5, 5.41) is 8.88. The number of hydrogen-bond acceptors (Lipinski definition) is 3. The van der Waals surface area contributed by atoms with E-state index in [0.717, 1.165) is 12.8 Å².